The Bertz CT molecular complexity index is 173. The van der Waals surface area contributed by atoms with Crippen molar-refractivity contribution >= 4 is 5.91 Å². The van der Waals surface area contributed by atoms with E-state index in [2.05, 4.69) is 5.32 Å². The molecule has 14 heavy (non-hydrogen) atoms. The molecule has 0 aliphatic rings. The number of nitrogens with two attached hydrogens (primary N) is 1. The van der Waals surface area contributed by atoms with Crippen molar-refractivity contribution in [2.45, 2.75) is 12.6 Å². The van der Waals surface area contributed by atoms with Crippen LogP contribution >= 0.6 is 0 Å². The third-order valence-corrected chi connectivity index (χ3v) is 1.23. The van der Waals surface area contributed by atoms with E-state index >= 15 is 0 Å². The summed E-state index contributed by atoms with van der Waals surface area (Å²) in [4.78, 5) is 10.8. The first-order chi connectivity index (χ1) is 6.45. The van der Waals surface area contributed by atoms with Gasteiger partial charge in [0.2, 0.25) is 5.91 Å². The number of hydrogen-bond donors (Lipinski definition) is 2. The van der Waals surface area contributed by atoms with Crippen LogP contribution in [-0.2, 0) is 9.53 Å². The molecule has 0 radical (unpaired) electrons. The predicted molar refractivity (Wildman–Crippen MR) is 43.6 cm³/mol. The van der Waals surface area contributed by atoms with Crippen LogP contribution in [0, 0.1) is 0 Å². The lowest BCUT2D eigenvalue weighted by Gasteiger charge is -2.07. The van der Waals surface area contributed by atoms with Crippen LogP contribution in [0.2, 0.25) is 0 Å². The second-order valence-corrected chi connectivity index (χ2v) is 2.56. The number of carbonyl (C=O) groups excluding carboxylic acids is 1. The zero-order valence-electron chi connectivity index (χ0n) is 7.56. The highest BCUT2D eigenvalue weighted by Crippen LogP contribution is 2.17. The fraction of sp³-hybridized carbons (Fsp3) is 0.857. The number of hydrogen-bond acceptors (Lipinski definition) is 3. The Hall–Kier alpha value is -0.820. The molecule has 0 saturated carbocycles. The van der Waals surface area contributed by atoms with E-state index in [1.807, 2.05) is 0 Å². The molecule has 0 bridgehead atoms. The lowest BCUT2D eigenvalue weighted by atomic mass is 10.4. The van der Waals surface area contributed by atoms with Gasteiger partial charge in [0.15, 0.2) is 0 Å². The van der Waals surface area contributed by atoms with Crippen molar-refractivity contribution in [2.24, 2.45) is 5.73 Å². The quantitative estimate of drug-likeness (QED) is 0.613. The van der Waals surface area contributed by atoms with Gasteiger partial charge in [-0.2, -0.15) is 13.2 Å². The van der Waals surface area contributed by atoms with E-state index in [0.29, 0.717) is 0 Å². The van der Waals surface area contributed by atoms with Gasteiger partial charge in [-0.05, 0) is 0 Å². The molecule has 1 amide bonds. The molecular weight excluding hydrogens is 201 g/mol. The second-order valence-electron chi connectivity index (χ2n) is 2.56. The normalized spacial score (nSPS) is 11.4. The topological polar surface area (TPSA) is 64.3 Å². The summed E-state index contributed by atoms with van der Waals surface area (Å²) in [6, 6.07) is 0. The van der Waals surface area contributed by atoms with Gasteiger partial charge in [-0.3, -0.25) is 4.79 Å². The van der Waals surface area contributed by atoms with Crippen LogP contribution in [0.1, 0.15) is 6.42 Å². The van der Waals surface area contributed by atoms with Gasteiger partial charge in [-0.25, -0.2) is 0 Å². The smallest absolute Gasteiger partial charge is 0.370 e. The minimum Gasteiger partial charge on any atom is -0.370 e. The molecule has 0 unspecified atom stereocenters. The van der Waals surface area contributed by atoms with Gasteiger partial charge in [0, 0.05) is 13.1 Å². The first-order valence-electron chi connectivity index (χ1n) is 4.07. The maximum atomic E-state index is 11.6. The summed E-state index contributed by atoms with van der Waals surface area (Å²) >= 11 is 0. The molecule has 0 atom stereocenters. The largest absolute Gasteiger partial charge is 0.390 e. The molecule has 0 spiro atoms. The van der Waals surface area contributed by atoms with Gasteiger partial charge < -0.3 is 15.8 Å². The Morgan fingerprint density at radius 3 is 2.57 bits per heavy atom. The lowest BCUT2D eigenvalue weighted by molar-refractivity contribution is -0.136. The van der Waals surface area contributed by atoms with Crippen LogP contribution < -0.4 is 11.1 Å². The summed E-state index contributed by atoms with van der Waals surface area (Å²) in [7, 11) is 0. The van der Waals surface area contributed by atoms with E-state index in [4.69, 9.17) is 10.5 Å². The van der Waals surface area contributed by atoms with E-state index in [0.717, 1.165) is 0 Å². The Morgan fingerprint density at radius 1 is 1.43 bits per heavy atom. The standard InChI is InChI=1S/C7H13F3N2O2/c8-7(9,10)1-3-12-6(13)5-14-4-2-11/h1-5,11H2,(H,12,13). The van der Waals surface area contributed by atoms with Gasteiger partial charge in [-0.15, -0.1) is 0 Å². The number of ether oxygens (including phenoxy) is 1. The monoisotopic (exact) mass is 214 g/mol. The molecular formula is C7H13F3N2O2. The molecule has 0 saturated heterocycles. The summed E-state index contributed by atoms with van der Waals surface area (Å²) in [5.74, 6) is -0.567. The molecule has 3 N–H and O–H groups in total. The van der Waals surface area contributed by atoms with Crippen molar-refractivity contribution < 1.29 is 22.7 Å². The first-order valence-corrected chi connectivity index (χ1v) is 4.07. The van der Waals surface area contributed by atoms with Crippen LogP contribution in [0.3, 0.4) is 0 Å². The van der Waals surface area contributed by atoms with Crippen molar-refractivity contribution in [3.63, 3.8) is 0 Å². The van der Waals surface area contributed by atoms with E-state index in [-0.39, 0.29) is 19.8 Å². The maximum absolute atomic E-state index is 11.6. The average Bonchev–Trinajstić information content (AvgIpc) is 2.02. The Kier molecular flexibility index (Phi) is 6.22. The molecule has 0 fully saturated rings. The SMILES string of the molecule is NCCOCC(=O)NCCC(F)(F)F. The summed E-state index contributed by atoms with van der Waals surface area (Å²) in [5.41, 5.74) is 5.07. The van der Waals surface area contributed by atoms with Gasteiger partial charge in [0.1, 0.15) is 6.61 Å². The molecule has 0 aliphatic heterocycles. The molecule has 4 nitrogen and oxygen atoms in total. The fourth-order valence-electron chi connectivity index (χ4n) is 0.643. The van der Waals surface area contributed by atoms with Crippen molar-refractivity contribution in [1.29, 1.82) is 0 Å². The summed E-state index contributed by atoms with van der Waals surface area (Å²) in [6.07, 6.45) is -5.28. The highest BCUT2D eigenvalue weighted by molar-refractivity contribution is 5.77. The Morgan fingerprint density at radius 2 is 2.07 bits per heavy atom. The zero-order valence-corrected chi connectivity index (χ0v) is 7.56. The predicted octanol–water partition coefficient (Wildman–Crippen LogP) is 0.0303. The summed E-state index contributed by atoms with van der Waals surface area (Å²) < 4.78 is 39.5. The number of halogens is 3. The molecule has 0 aromatic heterocycles. The van der Waals surface area contributed by atoms with Crippen molar-refractivity contribution in [3.05, 3.63) is 0 Å². The second kappa shape index (κ2) is 6.61. The van der Waals surface area contributed by atoms with Gasteiger partial charge in [0.05, 0.1) is 13.0 Å². The highest BCUT2D eigenvalue weighted by atomic mass is 19.4. The Balaban J connectivity index is 3.36. The van der Waals surface area contributed by atoms with Crippen LogP contribution in [-0.4, -0.2) is 38.4 Å². The third-order valence-electron chi connectivity index (χ3n) is 1.23. The fourth-order valence-corrected chi connectivity index (χ4v) is 0.643. The van der Waals surface area contributed by atoms with E-state index in [1.54, 1.807) is 0 Å². The van der Waals surface area contributed by atoms with E-state index in [1.165, 1.54) is 0 Å². The molecule has 0 heterocycles. The average molecular weight is 214 g/mol. The number of carbonyl (C=O) groups is 1. The molecule has 0 aliphatic carbocycles. The van der Waals surface area contributed by atoms with E-state index in [9.17, 15) is 18.0 Å². The number of nitrogens with one attached hydrogen (secondary N) is 1. The number of rotatable bonds is 6. The van der Waals surface area contributed by atoms with Crippen molar-refractivity contribution in [1.82, 2.24) is 5.32 Å². The van der Waals surface area contributed by atoms with Gasteiger partial charge >= 0.3 is 6.18 Å². The molecule has 0 aromatic carbocycles. The molecule has 0 aromatic rings. The van der Waals surface area contributed by atoms with Gasteiger partial charge in [-0.1, -0.05) is 0 Å². The minimum absolute atomic E-state index is 0.215. The summed E-state index contributed by atoms with van der Waals surface area (Å²) in [5, 5.41) is 2.07. The molecule has 0 rings (SSSR count). The van der Waals surface area contributed by atoms with Crippen LogP contribution in [0.4, 0.5) is 13.2 Å². The van der Waals surface area contributed by atoms with Crippen molar-refractivity contribution in [2.75, 3.05) is 26.3 Å². The first kappa shape index (κ1) is 13.2. The Labute approximate surface area is 79.6 Å². The van der Waals surface area contributed by atoms with Crippen LogP contribution in [0.5, 0.6) is 0 Å². The maximum Gasteiger partial charge on any atom is 0.390 e. The van der Waals surface area contributed by atoms with Crippen LogP contribution in [0.25, 0.3) is 0 Å². The van der Waals surface area contributed by atoms with E-state index < -0.39 is 25.0 Å². The minimum atomic E-state index is -4.24. The van der Waals surface area contributed by atoms with Gasteiger partial charge in [0.25, 0.3) is 0 Å². The third kappa shape index (κ3) is 9.27. The number of amides is 1. The number of alkyl halides is 3. The molecule has 7 heteroatoms. The lowest BCUT2D eigenvalue weighted by Crippen LogP contribution is -2.31. The van der Waals surface area contributed by atoms with Crippen molar-refractivity contribution in [3.8, 4) is 0 Å². The summed E-state index contributed by atoms with van der Waals surface area (Å²) in [6.45, 7) is -0.189. The highest BCUT2D eigenvalue weighted by Gasteiger charge is 2.26. The molecule has 84 valence electrons. The van der Waals surface area contributed by atoms with Crippen LogP contribution in [0.15, 0.2) is 0 Å². The zero-order chi connectivity index (χ0) is 11.0.